The van der Waals surface area contributed by atoms with E-state index in [1.165, 1.54) is 6.39 Å². The molecule has 2 aromatic heterocycles. The van der Waals surface area contributed by atoms with Crippen molar-refractivity contribution in [1.82, 2.24) is 19.9 Å². The van der Waals surface area contributed by atoms with Gasteiger partial charge in [0.1, 0.15) is 12.1 Å². The first kappa shape index (κ1) is 12.8. The van der Waals surface area contributed by atoms with Gasteiger partial charge in [-0.25, -0.2) is 15.0 Å². The van der Waals surface area contributed by atoms with Crippen LogP contribution in [-0.4, -0.2) is 38.8 Å². The Bertz CT molecular complexity index is 596. The van der Waals surface area contributed by atoms with Gasteiger partial charge in [0.25, 0.3) is 5.91 Å². The Morgan fingerprint density at radius 2 is 2.35 bits per heavy atom. The lowest BCUT2D eigenvalue weighted by atomic mass is 9.94. The van der Waals surface area contributed by atoms with E-state index in [-0.39, 0.29) is 11.8 Å². The second-order valence-electron chi connectivity index (χ2n) is 4.98. The zero-order valence-corrected chi connectivity index (χ0v) is 11.3. The lowest BCUT2D eigenvalue weighted by molar-refractivity contribution is 0.0699. The van der Waals surface area contributed by atoms with Crippen LogP contribution in [0.1, 0.15) is 40.7 Å². The number of hydrogen-bond acceptors (Lipinski definition) is 5. The van der Waals surface area contributed by atoms with Gasteiger partial charge in [-0.05, 0) is 25.8 Å². The van der Waals surface area contributed by atoms with Gasteiger partial charge in [0.05, 0.1) is 0 Å². The van der Waals surface area contributed by atoms with Crippen LogP contribution in [0.4, 0.5) is 0 Å². The first-order valence-electron chi connectivity index (χ1n) is 6.71. The van der Waals surface area contributed by atoms with Crippen molar-refractivity contribution in [2.75, 3.05) is 13.1 Å². The molecule has 3 heterocycles. The highest BCUT2D eigenvalue weighted by Crippen LogP contribution is 2.26. The van der Waals surface area contributed by atoms with Gasteiger partial charge in [-0.15, -0.1) is 0 Å². The van der Waals surface area contributed by atoms with E-state index < -0.39 is 0 Å². The van der Waals surface area contributed by atoms with Crippen LogP contribution in [0.15, 0.2) is 29.4 Å². The van der Waals surface area contributed by atoms with E-state index in [2.05, 4.69) is 15.0 Å². The van der Waals surface area contributed by atoms with E-state index >= 15 is 0 Å². The number of carbonyl (C=O) groups excluding carboxylic acids is 1. The molecule has 2 aromatic rings. The van der Waals surface area contributed by atoms with Crippen LogP contribution in [0.3, 0.4) is 0 Å². The van der Waals surface area contributed by atoms with E-state index in [1.54, 1.807) is 19.4 Å². The van der Waals surface area contributed by atoms with Crippen molar-refractivity contribution >= 4 is 5.91 Å². The smallest absolute Gasteiger partial charge is 0.276 e. The van der Waals surface area contributed by atoms with Crippen molar-refractivity contribution in [1.29, 1.82) is 0 Å². The first-order valence-corrected chi connectivity index (χ1v) is 6.71. The minimum atomic E-state index is -0.0602. The largest absolute Gasteiger partial charge is 0.448 e. The predicted molar refractivity (Wildman–Crippen MR) is 71.2 cm³/mol. The summed E-state index contributed by atoms with van der Waals surface area (Å²) < 4.78 is 5.11. The molecule has 3 rings (SSSR count). The Hall–Kier alpha value is -2.24. The highest BCUT2D eigenvalue weighted by atomic mass is 16.3. The van der Waals surface area contributed by atoms with Crippen LogP contribution in [-0.2, 0) is 0 Å². The number of aryl methyl sites for hydroxylation is 1. The van der Waals surface area contributed by atoms with Gasteiger partial charge < -0.3 is 9.32 Å². The first-order chi connectivity index (χ1) is 9.75. The molecule has 0 bridgehead atoms. The Morgan fingerprint density at radius 1 is 1.45 bits per heavy atom. The lowest BCUT2D eigenvalue weighted by Gasteiger charge is -2.32. The summed E-state index contributed by atoms with van der Waals surface area (Å²) in [6.45, 7) is 3.18. The fourth-order valence-corrected chi connectivity index (χ4v) is 2.61. The highest BCUT2D eigenvalue weighted by molar-refractivity contribution is 5.93. The number of likely N-dealkylation sites (tertiary alicyclic amines) is 1. The van der Waals surface area contributed by atoms with Gasteiger partial charge in [-0.3, -0.25) is 4.79 Å². The van der Waals surface area contributed by atoms with Crippen molar-refractivity contribution < 1.29 is 9.21 Å². The zero-order chi connectivity index (χ0) is 13.9. The van der Waals surface area contributed by atoms with Crippen molar-refractivity contribution in [2.24, 2.45) is 0 Å². The number of aromatic nitrogens is 3. The number of amides is 1. The van der Waals surface area contributed by atoms with Crippen LogP contribution in [0.5, 0.6) is 0 Å². The van der Waals surface area contributed by atoms with Crippen LogP contribution in [0, 0.1) is 6.92 Å². The van der Waals surface area contributed by atoms with E-state index in [0.717, 1.165) is 25.1 Å². The van der Waals surface area contributed by atoms with Gasteiger partial charge in [0, 0.05) is 30.9 Å². The Balaban J connectivity index is 1.76. The summed E-state index contributed by atoms with van der Waals surface area (Å²) in [7, 11) is 0. The molecule has 0 spiro atoms. The number of nitrogens with zero attached hydrogens (tertiary/aromatic N) is 4. The molecule has 0 aromatic carbocycles. The van der Waals surface area contributed by atoms with E-state index in [0.29, 0.717) is 18.0 Å². The van der Waals surface area contributed by atoms with Gasteiger partial charge in [-0.2, -0.15) is 0 Å². The number of oxazole rings is 1. The van der Waals surface area contributed by atoms with E-state index in [1.807, 2.05) is 11.0 Å². The number of rotatable bonds is 2. The molecule has 6 heteroatoms. The fourth-order valence-electron chi connectivity index (χ4n) is 2.61. The monoisotopic (exact) mass is 272 g/mol. The number of piperidine rings is 1. The number of hydrogen-bond donors (Lipinski definition) is 0. The van der Waals surface area contributed by atoms with E-state index in [9.17, 15) is 4.79 Å². The maximum atomic E-state index is 12.4. The molecule has 6 nitrogen and oxygen atoms in total. The molecule has 1 saturated heterocycles. The molecule has 0 saturated carbocycles. The second-order valence-corrected chi connectivity index (χ2v) is 4.98. The van der Waals surface area contributed by atoms with Crippen LogP contribution < -0.4 is 0 Å². The molecule has 104 valence electrons. The van der Waals surface area contributed by atoms with Crippen LogP contribution in [0.25, 0.3) is 0 Å². The third-order valence-electron chi connectivity index (χ3n) is 3.68. The zero-order valence-electron chi connectivity index (χ0n) is 11.3. The van der Waals surface area contributed by atoms with Crippen molar-refractivity contribution in [2.45, 2.75) is 25.7 Å². The maximum absolute atomic E-state index is 12.4. The van der Waals surface area contributed by atoms with Crippen molar-refractivity contribution in [3.63, 3.8) is 0 Å². The van der Waals surface area contributed by atoms with Crippen LogP contribution in [0.2, 0.25) is 0 Å². The molecule has 0 N–H and O–H groups in total. The summed E-state index contributed by atoms with van der Waals surface area (Å²) in [6.07, 6.45) is 6.62. The average Bonchev–Trinajstić information content (AvgIpc) is 2.94. The molecule has 0 unspecified atom stereocenters. The lowest BCUT2D eigenvalue weighted by Crippen LogP contribution is -2.39. The molecular weight excluding hydrogens is 256 g/mol. The topological polar surface area (TPSA) is 72.1 Å². The molecule has 0 radical (unpaired) electrons. The molecule has 1 aliphatic heterocycles. The summed E-state index contributed by atoms with van der Waals surface area (Å²) >= 11 is 0. The Morgan fingerprint density at radius 3 is 3.05 bits per heavy atom. The summed E-state index contributed by atoms with van der Waals surface area (Å²) in [5.74, 6) is 0.775. The summed E-state index contributed by atoms with van der Waals surface area (Å²) in [5, 5.41) is 0. The van der Waals surface area contributed by atoms with Crippen LogP contribution >= 0.6 is 0 Å². The SMILES string of the molecule is Cc1ocnc1C(=O)N1CCC[C@H](c2ccncn2)C1. The van der Waals surface area contributed by atoms with Crippen molar-refractivity contribution in [3.8, 4) is 0 Å². The molecule has 0 aliphatic carbocycles. The molecule has 1 aliphatic rings. The third-order valence-corrected chi connectivity index (χ3v) is 3.68. The quantitative estimate of drug-likeness (QED) is 0.833. The minimum Gasteiger partial charge on any atom is -0.448 e. The maximum Gasteiger partial charge on any atom is 0.276 e. The molecule has 1 amide bonds. The van der Waals surface area contributed by atoms with Gasteiger partial charge in [0.15, 0.2) is 12.1 Å². The van der Waals surface area contributed by atoms with Gasteiger partial charge in [-0.1, -0.05) is 0 Å². The Labute approximate surface area is 116 Å². The molecule has 1 atom stereocenters. The third kappa shape index (κ3) is 2.41. The summed E-state index contributed by atoms with van der Waals surface area (Å²) in [5.41, 5.74) is 1.41. The fraction of sp³-hybridized carbons (Fsp3) is 0.429. The van der Waals surface area contributed by atoms with Gasteiger partial charge >= 0.3 is 0 Å². The standard InChI is InChI=1S/C14H16N4O2/c1-10-13(17-9-20-10)14(19)18-6-2-3-11(7-18)12-4-5-15-8-16-12/h4-5,8-9,11H,2-3,6-7H2,1H3/t11-/m0/s1. The second kappa shape index (κ2) is 5.40. The molecule has 20 heavy (non-hydrogen) atoms. The normalized spacial score (nSPS) is 19.1. The Kier molecular flexibility index (Phi) is 3.45. The summed E-state index contributed by atoms with van der Waals surface area (Å²) in [4.78, 5) is 26.5. The minimum absolute atomic E-state index is 0.0602. The molecular formula is C14H16N4O2. The highest BCUT2D eigenvalue weighted by Gasteiger charge is 2.28. The van der Waals surface area contributed by atoms with E-state index in [4.69, 9.17) is 4.42 Å². The predicted octanol–water partition coefficient (Wildman–Crippen LogP) is 1.79. The summed E-state index contributed by atoms with van der Waals surface area (Å²) in [6, 6.07) is 1.92. The van der Waals surface area contributed by atoms with Crippen molar-refractivity contribution in [3.05, 3.63) is 42.1 Å². The molecule has 1 fully saturated rings. The average molecular weight is 272 g/mol. The van der Waals surface area contributed by atoms with Gasteiger partial charge in [0.2, 0.25) is 0 Å². The number of carbonyl (C=O) groups is 1.